The average molecular weight is 1890 g/mol. The minimum Gasteiger partial charge on any atom is -0.478 e. The zero-order valence-electron chi connectivity index (χ0n) is 79.2. The Labute approximate surface area is 841 Å². The van der Waals surface area contributed by atoms with E-state index >= 15 is 0 Å². The van der Waals surface area contributed by atoms with Crippen LogP contribution in [-0.2, 0) is 9.47 Å². The molecule has 0 aliphatic heterocycles. The highest BCUT2D eigenvalue weighted by Gasteiger charge is 2.32. The molecule has 146 heavy (non-hydrogen) atoms. The van der Waals surface area contributed by atoms with E-state index in [4.69, 9.17) is 28.4 Å². The summed E-state index contributed by atoms with van der Waals surface area (Å²) in [6.45, 7) is 0. The Morgan fingerprint density at radius 2 is 0.356 bits per heavy atom. The number of methoxy groups -OCH3 is 2. The highest BCUT2D eigenvalue weighted by molar-refractivity contribution is 6.18. The van der Waals surface area contributed by atoms with Crippen LogP contribution in [0.2, 0.25) is 0 Å². The monoisotopic (exact) mass is 1890 g/mol. The molecule has 0 saturated heterocycles. The number of fused-ring (bicyclic) bond motifs is 8. The molecule has 696 valence electrons. The summed E-state index contributed by atoms with van der Waals surface area (Å²) >= 11 is 0. The van der Waals surface area contributed by atoms with Crippen LogP contribution in [0.1, 0.15) is 41.4 Å². The largest absolute Gasteiger partial charge is 0.478 e. The lowest BCUT2D eigenvalue weighted by molar-refractivity contribution is 0.0594. The molecule has 0 aliphatic rings. The summed E-state index contributed by atoms with van der Waals surface area (Å²) in [7, 11) is 2.81. The summed E-state index contributed by atoms with van der Waals surface area (Å²) < 4.78 is 40.8. The number of aromatic carboxylic acids is 2. The van der Waals surface area contributed by atoms with Gasteiger partial charge in [0.25, 0.3) is 0 Å². The van der Waals surface area contributed by atoms with E-state index in [1.54, 1.807) is 12.1 Å². The minimum atomic E-state index is -1.04. The maximum atomic E-state index is 13.6. The van der Waals surface area contributed by atoms with E-state index in [0.717, 1.165) is 154 Å². The molecule has 0 unspecified atom stereocenters. The fraction of sp³-hybridized carbons (Fsp3) is 0.0149. The molecule has 24 rings (SSSR count). The number of carbonyl (C=O) groups is 4. The third-order valence-corrected chi connectivity index (χ3v) is 27.3. The molecule has 0 spiro atoms. The number of ether oxygens (including phenoxy) is 6. The molecular weight excluding hydrogens is 1800 g/mol. The van der Waals surface area contributed by atoms with E-state index in [9.17, 15) is 29.4 Å². The number of carboxylic acid groups (broad SMARTS) is 2. The van der Waals surface area contributed by atoms with E-state index in [1.807, 2.05) is 303 Å². The molecule has 0 heterocycles. The van der Waals surface area contributed by atoms with E-state index in [-0.39, 0.29) is 11.1 Å². The van der Waals surface area contributed by atoms with Crippen molar-refractivity contribution in [1.29, 1.82) is 0 Å². The molecule has 12 heteroatoms. The Morgan fingerprint density at radius 1 is 0.171 bits per heavy atom. The Balaban J connectivity index is 0.000000161. The molecular formula is C134H88O12. The first-order chi connectivity index (χ1) is 71.8. The van der Waals surface area contributed by atoms with Crippen LogP contribution in [0.15, 0.2) is 485 Å². The maximum absolute atomic E-state index is 13.6. The SMILES string of the molecule is COC(=O)c1cc(-c2ccccc2)c(Oc2ccc3cc(-c4ccccc4)ccc3c2-c2c(Oc3c(-c4ccccc4)cc(C(=O)OC)c4ccccc34)ccc3cc(-c4ccccc4)ccc23)c2ccccc12.O=C(O)c1cc(-c2ccccc2)c(Oc2ccc3cc(-c4ccccc4)ccc3c2-c2c(Oc3c(-c4ccccc4)cc(C(=O)O)c4ccccc34)ccc3cc(-c4ccccc4)ccc23)c2ccccc12. The molecule has 0 bridgehead atoms. The smallest absolute Gasteiger partial charge is 0.338 e. The van der Waals surface area contributed by atoms with Crippen LogP contribution in [0.25, 0.3) is 197 Å². The predicted octanol–water partition coefficient (Wildman–Crippen LogP) is 35.4. The zero-order chi connectivity index (χ0) is 98.8. The molecule has 24 aromatic rings. The molecule has 2 N–H and O–H groups in total. The van der Waals surface area contributed by atoms with Crippen molar-refractivity contribution in [3.63, 3.8) is 0 Å². The number of rotatable bonds is 22. The van der Waals surface area contributed by atoms with Gasteiger partial charge in [-0.05, 0) is 204 Å². The first kappa shape index (κ1) is 90.3. The second kappa shape index (κ2) is 39.3. The van der Waals surface area contributed by atoms with Crippen LogP contribution in [0.4, 0.5) is 0 Å². The van der Waals surface area contributed by atoms with Crippen molar-refractivity contribution >= 4 is 110 Å². The molecule has 0 saturated carbocycles. The number of esters is 2. The van der Waals surface area contributed by atoms with Crippen molar-refractivity contribution in [3.8, 4) is 157 Å². The van der Waals surface area contributed by atoms with E-state index in [1.165, 1.54) is 14.2 Å². The first-order valence-electron chi connectivity index (χ1n) is 48.1. The summed E-state index contributed by atoms with van der Waals surface area (Å²) in [5, 5.41) is 34.0. The second-order valence-electron chi connectivity index (χ2n) is 35.8. The Bertz CT molecular complexity index is 8730. The molecule has 0 aromatic heterocycles. The number of hydrogen-bond acceptors (Lipinski definition) is 10. The summed E-state index contributed by atoms with van der Waals surface area (Å²) in [4.78, 5) is 53.1. The predicted molar refractivity (Wildman–Crippen MR) is 590 cm³/mol. The number of carbonyl (C=O) groups excluding carboxylic acids is 2. The van der Waals surface area contributed by atoms with Crippen LogP contribution < -0.4 is 18.9 Å². The van der Waals surface area contributed by atoms with Crippen molar-refractivity contribution in [2.45, 2.75) is 0 Å². The summed E-state index contributed by atoms with van der Waals surface area (Å²) in [5.74, 6) is 1.34. The lowest BCUT2D eigenvalue weighted by Crippen LogP contribution is -2.04. The van der Waals surface area contributed by atoms with Crippen molar-refractivity contribution in [2.24, 2.45) is 0 Å². The molecule has 24 aromatic carbocycles. The molecule has 0 aliphatic carbocycles. The Hall–Kier alpha value is -19.6. The molecule has 0 amide bonds. The molecule has 12 nitrogen and oxygen atoms in total. The van der Waals surface area contributed by atoms with Crippen molar-refractivity contribution in [3.05, 3.63) is 508 Å². The van der Waals surface area contributed by atoms with Crippen molar-refractivity contribution < 1.29 is 57.8 Å². The maximum Gasteiger partial charge on any atom is 0.338 e. The standard InChI is InChI=1S/C68H46O6.C66H42O6/c1-71-67(69)59-41-57(45-23-11-5-12-24-45)65(55-29-17-15-27-53(55)59)73-61-37-33-49-39-47(43-19-7-3-8-20-43)31-35-51(49)63(61)64-52-36-32-48(44-21-9-4-10-22-44)40-50(52)34-38-62(64)74-66-56-30-18-16-28-54(56)60(68(70)72-2)42-58(66)46-25-13-6-14-26-46;67-65(68)57-39-55(43-21-9-3-10-22-43)63(53-27-15-13-25-51(53)57)71-59-35-31-47-37-45(41-17-5-1-6-18-41)29-33-49(47)61(59)62-50-34-30-46(42-19-7-2-8-20-42)38-48(50)32-36-60(62)72-64-54-28-16-14-26-52(54)58(66(69)70)40-56(64)44-23-11-4-12-24-44/h3-42H,1-2H3;1-40H,(H,67,68)(H,69,70). The van der Waals surface area contributed by atoms with Gasteiger partial charge in [-0.2, -0.15) is 0 Å². The van der Waals surface area contributed by atoms with Gasteiger partial charge in [-0.1, -0.05) is 413 Å². The average Bonchev–Trinajstić information content (AvgIpc) is 0.738. The summed E-state index contributed by atoms with van der Waals surface area (Å²) in [6.07, 6.45) is 0. The topological polar surface area (TPSA) is 164 Å². The van der Waals surface area contributed by atoms with Crippen LogP contribution in [0.5, 0.6) is 46.0 Å². The van der Waals surface area contributed by atoms with Crippen LogP contribution in [0.3, 0.4) is 0 Å². The van der Waals surface area contributed by atoms with Gasteiger partial charge in [0.2, 0.25) is 0 Å². The number of benzene rings is 24. The van der Waals surface area contributed by atoms with Gasteiger partial charge in [0.05, 0.1) is 36.5 Å². The van der Waals surface area contributed by atoms with Gasteiger partial charge in [-0.15, -0.1) is 0 Å². The highest BCUT2D eigenvalue weighted by atomic mass is 16.5. The van der Waals surface area contributed by atoms with E-state index in [2.05, 4.69) is 170 Å². The molecule has 0 atom stereocenters. The van der Waals surface area contributed by atoms with Crippen molar-refractivity contribution in [2.75, 3.05) is 14.2 Å². The Kier molecular flexibility index (Phi) is 24.3. The third-order valence-electron chi connectivity index (χ3n) is 27.3. The molecule has 0 fully saturated rings. The fourth-order valence-corrected chi connectivity index (χ4v) is 20.4. The van der Waals surface area contributed by atoms with Crippen LogP contribution in [0, 0.1) is 0 Å². The quantitative estimate of drug-likeness (QED) is 0.0618. The van der Waals surface area contributed by atoms with E-state index in [0.29, 0.717) is 101 Å². The summed E-state index contributed by atoms with van der Waals surface area (Å²) in [6, 6.07) is 161. The van der Waals surface area contributed by atoms with Gasteiger partial charge in [0.1, 0.15) is 46.0 Å². The normalized spacial score (nSPS) is 11.2. The van der Waals surface area contributed by atoms with Crippen LogP contribution >= 0.6 is 0 Å². The van der Waals surface area contributed by atoms with Gasteiger partial charge in [0, 0.05) is 66.1 Å². The lowest BCUT2D eigenvalue weighted by atomic mass is 9.89. The van der Waals surface area contributed by atoms with Gasteiger partial charge in [0.15, 0.2) is 0 Å². The summed E-state index contributed by atoms with van der Waals surface area (Å²) in [5.41, 5.74) is 18.9. The van der Waals surface area contributed by atoms with Gasteiger partial charge in [-0.25, -0.2) is 19.2 Å². The van der Waals surface area contributed by atoms with Crippen molar-refractivity contribution in [1.82, 2.24) is 0 Å². The second-order valence-corrected chi connectivity index (χ2v) is 35.8. The zero-order valence-corrected chi connectivity index (χ0v) is 79.2. The Morgan fingerprint density at radius 3 is 0.562 bits per heavy atom. The first-order valence-corrected chi connectivity index (χ1v) is 48.1. The van der Waals surface area contributed by atoms with E-state index < -0.39 is 23.9 Å². The molecule has 0 radical (unpaired) electrons. The fourth-order valence-electron chi connectivity index (χ4n) is 20.4. The number of carboxylic acids is 2. The highest BCUT2D eigenvalue weighted by Crippen LogP contribution is 2.57. The minimum absolute atomic E-state index is 0.165. The third kappa shape index (κ3) is 17.2. The van der Waals surface area contributed by atoms with Gasteiger partial charge >= 0.3 is 23.9 Å². The van der Waals surface area contributed by atoms with Gasteiger partial charge in [-0.3, -0.25) is 0 Å². The van der Waals surface area contributed by atoms with Gasteiger partial charge < -0.3 is 38.6 Å². The number of hydrogen-bond donors (Lipinski definition) is 2. The lowest BCUT2D eigenvalue weighted by Gasteiger charge is -2.23. The van der Waals surface area contributed by atoms with Crippen LogP contribution in [-0.4, -0.2) is 48.3 Å².